The second-order valence-corrected chi connectivity index (χ2v) is 8.00. The van der Waals surface area contributed by atoms with Gasteiger partial charge in [0.15, 0.2) is 0 Å². The molecule has 1 aliphatic carbocycles. The highest BCUT2D eigenvalue weighted by Crippen LogP contribution is 2.28. The zero-order chi connectivity index (χ0) is 17.2. The molecular weight excluding hydrogens is 405 g/mol. The lowest BCUT2D eigenvalue weighted by Crippen LogP contribution is -2.45. The third-order valence-electron chi connectivity index (χ3n) is 5.22. The smallest absolute Gasteiger partial charge is 0.228 e. The third kappa shape index (κ3) is 5.70. The van der Waals surface area contributed by atoms with E-state index in [1.807, 2.05) is 28.7 Å². The van der Waals surface area contributed by atoms with Crippen LogP contribution in [0, 0.1) is 12.8 Å². The number of oxazole rings is 1. The molecule has 2 fully saturated rings. The van der Waals surface area contributed by atoms with Gasteiger partial charge < -0.3 is 14.6 Å². The Morgan fingerprint density at radius 2 is 2.04 bits per heavy atom. The van der Waals surface area contributed by atoms with E-state index in [-0.39, 0.29) is 30.7 Å². The van der Waals surface area contributed by atoms with Gasteiger partial charge in [-0.1, -0.05) is 0 Å². The Hall–Kier alpha value is -1.08. The highest BCUT2D eigenvalue weighted by atomic mass is 35.5. The summed E-state index contributed by atoms with van der Waals surface area (Å²) in [5, 5.41) is 7.67. The Morgan fingerprint density at radius 1 is 1.30 bits per heavy atom. The third-order valence-corrected chi connectivity index (χ3v) is 5.90. The van der Waals surface area contributed by atoms with Crippen molar-refractivity contribution in [2.24, 2.45) is 5.92 Å². The summed E-state index contributed by atoms with van der Waals surface area (Å²) in [6, 6.07) is 2.56. The first-order valence-electron chi connectivity index (χ1n) is 9.19. The molecule has 27 heavy (non-hydrogen) atoms. The Kier molecular flexibility index (Phi) is 8.16. The van der Waals surface area contributed by atoms with Crippen molar-refractivity contribution in [1.82, 2.24) is 15.2 Å². The zero-order valence-corrected chi connectivity index (χ0v) is 17.9. The number of likely N-dealkylation sites (tertiary alicyclic amines) is 1. The molecule has 2 aromatic heterocycles. The van der Waals surface area contributed by atoms with Crippen LogP contribution in [0.3, 0.4) is 0 Å². The highest BCUT2D eigenvalue weighted by molar-refractivity contribution is 7.08. The van der Waals surface area contributed by atoms with Crippen molar-refractivity contribution >= 4 is 42.1 Å². The van der Waals surface area contributed by atoms with Gasteiger partial charge >= 0.3 is 0 Å². The number of piperidine rings is 1. The maximum Gasteiger partial charge on any atom is 0.228 e. The number of carbonyl (C=O) groups excluding carboxylic acids is 1. The van der Waals surface area contributed by atoms with E-state index in [1.54, 1.807) is 11.3 Å². The average Bonchev–Trinajstić information content (AvgIpc) is 3.14. The molecule has 1 saturated heterocycles. The van der Waals surface area contributed by atoms with Crippen LogP contribution in [0.25, 0.3) is 11.5 Å². The number of carbonyl (C=O) groups is 1. The predicted octanol–water partition coefficient (Wildman–Crippen LogP) is 4.09. The van der Waals surface area contributed by atoms with Crippen LogP contribution in [0.2, 0.25) is 0 Å². The molecule has 2 aliphatic rings. The largest absolute Gasteiger partial charge is 0.441 e. The number of aromatic nitrogens is 1. The number of hydrogen-bond donors (Lipinski definition) is 1. The maximum atomic E-state index is 12.6. The molecular formula is C19H27Cl2N3O2S. The van der Waals surface area contributed by atoms with Crippen LogP contribution in [0.15, 0.2) is 21.2 Å². The molecule has 5 nitrogen and oxygen atoms in total. The van der Waals surface area contributed by atoms with Gasteiger partial charge in [-0.15, -0.1) is 24.8 Å². The molecule has 1 saturated carbocycles. The van der Waals surface area contributed by atoms with E-state index < -0.39 is 0 Å². The molecule has 0 spiro atoms. The van der Waals surface area contributed by atoms with Crippen LogP contribution < -0.4 is 5.32 Å². The van der Waals surface area contributed by atoms with Gasteiger partial charge in [0.05, 0.1) is 12.1 Å². The summed E-state index contributed by atoms with van der Waals surface area (Å²) in [6.45, 7) is 4.73. The fourth-order valence-corrected chi connectivity index (χ4v) is 3.97. The van der Waals surface area contributed by atoms with Crippen molar-refractivity contribution in [1.29, 1.82) is 0 Å². The maximum absolute atomic E-state index is 12.6. The van der Waals surface area contributed by atoms with Crippen LogP contribution >= 0.6 is 36.2 Å². The van der Waals surface area contributed by atoms with E-state index in [1.165, 1.54) is 12.8 Å². The molecule has 0 atom stereocenters. The summed E-state index contributed by atoms with van der Waals surface area (Å²) in [7, 11) is 0. The van der Waals surface area contributed by atoms with Crippen molar-refractivity contribution in [2.75, 3.05) is 19.6 Å². The van der Waals surface area contributed by atoms with Crippen LogP contribution in [-0.2, 0) is 11.2 Å². The van der Waals surface area contributed by atoms with Crippen molar-refractivity contribution in [3.63, 3.8) is 0 Å². The SMILES string of the molecule is Cc1oc(-c2ccsc2)nc1CC(=O)N1CCC(NCC2CC2)CC1.Cl.Cl. The second-order valence-electron chi connectivity index (χ2n) is 7.22. The molecule has 0 bridgehead atoms. The molecule has 4 rings (SSSR count). The van der Waals surface area contributed by atoms with Crippen molar-refractivity contribution < 1.29 is 9.21 Å². The predicted molar refractivity (Wildman–Crippen MR) is 113 cm³/mol. The normalized spacial score (nSPS) is 17.3. The van der Waals surface area contributed by atoms with Crippen LogP contribution in [-0.4, -0.2) is 41.5 Å². The lowest BCUT2D eigenvalue weighted by Gasteiger charge is -2.32. The van der Waals surface area contributed by atoms with Crippen molar-refractivity contribution in [3.05, 3.63) is 28.3 Å². The first kappa shape index (κ1) is 22.2. The zero-order valence-electron chi connectivity index (χ0n) is 15.5. The fraction of sp³-hybridized carbons (Fsp3) is 0.579. The Morgan fingerprint density at radius 3 is 2.67 bits per heavy atom. The summed E-state index contributed by atoms with van der Waals surface area (Å²) < 4.78 is 5.74. The summed E-state index contributed by atoms with van der Waals surface area (Å²) in [4.78, 5) is 19.1. The molecule has 0 unspecified atom stereocenters. The second kappa shape index (κ2) is 9.92. The topological polar surface area (TPSA) is 58.4 Å². The number of amides is 1. The first-order chi connectivity index (χ1) is 12.2. The summed E-state index contributed by atoms with van der Waals surface area (Å²) in [5.41, 5.74) is 1.74. The first-order valence-corrected chi connectivity index (χ1v) is 10.1. The number of hydrogen-bond acceptors (Lipinski definition) is 5. The number of nitrogens with zero attached hydrogens (tertiary/aromatic N) is 2. The van der Waals surface area contributed by atoms with Gasteiger partial charge in [0.25, 0.3) is 0 Å². The van der Waals surface area contributed by atoms with Crippen molar-refractivity contribution in [2.45, 2.75) is 45.1 Å². The molecule has 150 valence electrons. The fourth-order valence-electron chi connectivity index (χ4n) is 3.35. The molecule has 1 aliphatic heterocycles. The summed E-state index contributed by atoms with van der Waals surface area (Å²) in [6.07, 6.45) is 5.20. The monoisotopic (exact) mass is 431 g/mol. The highest BCUT2D eigenvalue weighted by Gasteiger charge is 2.26. The van der Waals surface area contributed by atoms with E-state index in [0.29, 0.717) is 18.4 Å². The van der Waals surface area contributed by atoms with Gasteiger partial charge in [-0.25, -0.2) is 4.98 Å². The molecule has 2 aromatic rings. The Balaban J connectivity index is 0.00000131. The van der Waals surface area contributed by atoms with Crippen LogP contribution in [0.1, 0.15) is 37.1 Å². The molecule has 1 amide bonds. The number of thiophene rings is 1. The minimum atomic E-state index is 0. The summed E-state index contributed by atoms with van der Waals surface area (Å²) >= 11 is 1.61. The lowest BCUT2D eigenvalue weighted by atomic mass is 10.0. The minimum Gasteiger partial charge on any atom is -0.441 e. The quantitative estimate of drug-likeness (QED) is 0.747. The molecule has 1 N–H and O–H groups in total. The van der Waals surface area contributed by atoms with Gasteiger partial charge in [0, 0.05) is 30.1 Å². The van der Waals surface area contributed by atoms with Gasteiger partial charge in [-0.2, -0.15) is 11.3 Å². The van der Waals surface area contributed by atoms with E-state index in [9.17, 15) is 4.79 Å². The van der Waals surface area contributed by atoms with E-state index >= 15 is 0 Å². The number of aryl methyl sites for hydroxylation is 1. The van der Waals surface area contributed by atoms with Crippen LogP contribution in [0.5, 0.6) is 0 Å². The molecule has 0 radical (unpaired) electrons. The minimum absolute atomic E-state index is 0. The number of halogens is 2. The van der Waals surface area contributed by atoms with Gasteiger partial charge in [-0.05, 0) is 56.5 Å². The van der Waals surface area contributed by atoms with Gasteiger partial charge in [0.2, 0.25) is 11.8 Å². The van der Waals surface area contributed by atoms with Gasteiger partial charge in [-0.3, -0.25) is 4.79 Å². The molecule has 3 heterocycles. The van der Waals surface area contributed by atoms with E-state index in [4.69, 9.17) is 4.42 Å². The molecule has 0 aromatic carbocycles. The van der Waals surface area contributed by atoms with Crippen molar-refractivity contribution in [3.8, 4) is 11.5 Å². The van der Waals surface area contributed by atoms with Gasteiger partial charge in [0.1, 0.15) is 5.76 Å². The Labute approximate surface area is 176 Å². The van der Waals surface area contributed by atoms with E-state index in [2.05, 4.69) is 10.3 Å². The standard InChI is InChI=1S/C19H25N3O2S.2ClH/c1-13-17(21-19(24-13)15-6-9-25-12-15)10-18(23)22-7-4-16(5-8-22)20-11-14-2-3-14;;/h6,9,12,14,16,20H,2-5,7-8,10-11H2,1H3;2*1H. The van der Waals surface area contributed by atoms with E-state index in [0.717, 1.165) is 55.4 Å². The lowest BCUT2D eigenvalue weighted by molar-refractivity contribution is -0.131. The average molecular weight is 432 g/mol. The summed E-state index contributed by atoms with van der Waals surface area (Å²) in [5.74, 6) is 2.43. The molecule has 8 heteroatoms. The number of nitrogens with one attached hydrogen (secondary N) is 1. The van der Waals surface area contributed by atoms with Crippen LogP contribution in [0.4, 0.5) is 0 Å². The Bertz CT molecular complexity index is 723. The number of rotatable bonds is 6.